The first kappa shape index (κ1) is 12.8. The SMILES string of the molecule is O=C(O)C1COC(CNC(=O)C(F)(F)F)C1. The molecule has 0 spiro atoms. The van der Waals surface area contributed by atoms with Gasteiger partial charge in [0.1, 0.15) is 0 Å². The molecule has 0 saturated carbocycles. The molecule has 0 bridgehead atoms. The summed E-state index contributed by atoms with van der Waals surface area (Å²) in [5.74, 6) is -3.81. The molecule has 1 saturated heterocycles. The van der Waals surface area contributed by atoms with Gasteiger partial charge in [0.05, 0.1) is 18.6 Å². The van der Waals surface area contributed by atoms with Gasteiger partial charge < -0.3 is 15.2 Å². The molecule has 5 nitrogen and oxygen atoms in total. The summed E-state index contributed by atoms with van der Waals surface area (Å²) >= 11 is 0. The Kier molecular flexibility index (Phi) is 3.74. The van der Waals surface area contributed by atoms with Crippen LogP contribution in [0, 0.1) is 5.92 Å². The van der Waals surface area contributed by atoms with Crippen molar-refractivity contribution in [1.82, 2.24) is 5.32 Å². The van der Waals surface area contributed by atoms with Crippen molar-refractivity contribution in [2.45, 2.75) is 18.7 Å². The van der Waals surface area contributed by atoms with Crippen molar-refractivity contribution in [3.63, 3.8) is 0 Å². The number of alkyl halides is 3. The van der Waals surface area contributed by atoms with Crippen molar-refractivity contribution in [3.05, 3.63) is 0 Å². The van der Waals surface area contributed by atoms with Gasteiger partial charge in [-0.25, -0.2) is 0 Å². The Labute approximate surface area is 88.6 Å². The van der Waals surface area contributed by atoms with Gasteiger partial charge in [0.2, 0.25) is 0 Å². The zero-order valence-corrected chi connectivity index (χ0v) is 8.08. The molecule has 2 N–H and O–H groups in total. The largest absolute Gasteiger partial charge is 0.481 e. The number of aliphatic carboxylic acids is 1. The standard InChI is InChI=1S/C8H10F3NO4/c9-8(10,11)7(15)12-2-5-1-4(3-16-5)6(13)14/h4-5H,1-3H2,(H,12,15)(H,13,14). The second-order valence-electron chi connectivity index (χ2n) is 3.43. The van der Waals surface area contributed by atoms with E-state index in [1.807, 2.05) is 0 Å². The maximum absolute atomic E-state index is 11.8. The average Bonchev–Trinajstić information content (AvgIpc) is 2.60. The van der Waals surface area contributed by atoms with Gasteiger partial charge in [-0.3, -0.25) is 9.59 Å². The maximum Gasteiger partial charge on any atom is 0.471 e. The number of carbonyl (C=O) groups excluding carboxylic acids is 1. The highest BCUT2D eigenvalue weighted by molar-refractivity contribution is 5.81. The smallest absolute Gasteiger partial charge is 0.471 e. The first-order valence-corrected chi connectivity index (χ1v) is 4.50. The van der Waals surface area contributed by atoms with Crippen molar-refractivity contribution in [1.29, 1.82) is 0 Å². The summed E-state index contributed by atoms with van der Waals surface area (Å²) in [7, 11) is 0. The molecular formula is C8H10F3NO4. The van der Waals surface area contributed by atoms with Crippen LogP contribution in [0.25, 0.3) is 0 Å². The zero-order valence-electron chi connectivity index (χ0n) is 8.08. The first-order valence-electron chi connectivity index (χ1n) is 4.50. The molecule has 0 aromatic heterocycles. The molecule has 1 aliphatic rings. The van der Waals surface area contributed by atoms with Crippen molar-refractivity contribution in [2.75, 3.05) is 13.2 Å². The van der Waals surface area contributed by atoms with Gasteiger partial charge in [0.15, 0.2) is 0 Å². The molecule has 0 aliphatic carbocycles. The van der Waals surface area contributed by atoms with Gasteiger partial charge in [0.25, 0.3) is 0 Å². The number of hydrogen-bond acceptors (Lipinski definition) is 3. The van der Waals surface area contributed by atoms with E-state index in [4.69, 9.17) is 9.84 Å². The zero-order chi connectivity index (χ0) is 12.3. The van der Waals surface area contributed by atoms with Crippen LogP contribution in [0.15, 0.2) is 0 Å². The number of amides is 1. The predicted molar refractivity (Wildman–Crippen MR) is 44.5 cm³/mol. The van der Waals surface area contributed by atoms with E-state index in [-0.39, 0.29) is 19.6 Å². The Morgan fingerprint density at radius 1 is 1.44 bits per heavy atom. The Morgan fingerprint density at radius 2 is 2.06 bits per heavy atom. The fourth-order valence-corrected chi connectivity index (χ4v) is 1.33. The van der Waals surface area contributed by atoms with Crippen molar-refractivity contribution in [2.24, 2.45) is 5.92 Å². The van der Waals surface area contributed by atoms with Crippen molar-refractivity contribution >= 4 is 11.9 Å². The molecule has 2 atom stereocenters. The summed E-state index contributed by atoms with van der Waals surface area (Å²) in [6, 6.07) is 0. The number of carboxylic acids is 1. The molecule has 0 radical (unpaired) electrons. The minimum atomic E-state index is -4.93. The Morgan fingerprint density at radius 3 is 2.50 bits per heavy atom. The Bertz CT molecular complexity index is 291. The van der Waals surface area contributed by atoms with E-state index < -0.39 is 30.1 Å². The Hall–Kier alpha value is -1.31. The highest BCUT2D eigenvalue weighted by atomic mass is 19.4. The van der Waals surface area contributed by atoms with Crippen LogP contribution in [-0.4, -0.2) is 42.4 Å². The average molecular weight is 241 g/mol. The van der Waals surface area contributed by atoms with Gasteiger partial charge in [-0.15, -0.1) is 0 Å². The van der Waals surface area contributed by atoms with Crippen LogP contribution in [0.1, 0.15) is 6.42 Å². The van der Waals surface area contributed by atoms with Crippen molar-refractivity contribution in [3.8, 4) is 0 Å². The van der Waals surface area contributed by atoms with Gasteiger partial charge >= 0.3 is 18.1 Å². The highest BCUT2D eigenvalue weighted by Crippen LogP contribution is 2.20. The molecule has 8 heteroatoms. The number of halogens is 3. The van der Waals surface area contributed by atoms with E-state index in [2.05, 4.69) is 0 Å². The molecule has 2 unspecified atom stereocenters. The van der Waals surface area contributed by atoms with Crippen LogP contribution >= 0.6 is 0 Å². The third kappa shape index (κ3) is 3.37. The number of carbonyl (C=O) groups is 2. The number of hydrogen-bond donors (Lipinski definition) is 2. The molecule has 0 aromatic carbocycles. The number of nitrogens with one attached hydrogen (secondary N) is 1. The van der Waals surface area contributed by atoms with Crippen LogP contribution in [0.4, 0.5) is 13.2 Å². The van der Waals surface area contributed by atoms with E-state index in [1.54, 1.807) is 5.32 Å². The monoisotopic (exact) mass is 241 g/mol. The molecule has 1 heterocycles. The van der Waals surface area contributed by atoms with Crippen LogP contribution in [0.3, 0.4) is 0 Å². The lowest BCUT2D eigenvalue weighted by Gasteiger charge is -2.11. The Balaban J connectivity index is 2.31. The minimum absolute atomic E-state index is 0.0398. The third-order valence-corrected chi connectivity index (χ3v) is 2.18. The molecule has 92 valence electrons. The quantitative estimate of drug-likeness (QED) is 0.737. The fourth-order valence-electron chi connectivity index (χ4n) is 1.33. The van der Waals surface area contributed by atoms with Crippen LogP contribution in [-0.2, 0) is 14.3 Å². The molecule has 0 aromatic rings. The lowest BCUT2D eigenvalue weighted by Crippen LogP contribution is -2.40. The van der Waals surface area contributed by atoms with Crippen LogP contribution < -0.4 is 5.32 Å². The fraction of sp³-hybridized carbons (Fsp3) is 0.750. The van der Waals surface area contributed by atoms with E-state index in [1.165, 1.54) is 0 Å². The summed E-state index contributed by atoms with van der Waals surface area (Å²) in [5.41, 5.74) is 0. The van der Waals surface area contributed by atoms with E-state index in [9.17, 15) is 22.8 Å². The molecule has 1 amide bonds. The lowest BCUT2D eigenvalue weighted by atomic mass is 10.1. The summed E-state index contributed by atoms with van der Waals surface area (Å²) in [5, 5.41) is 10.2. The summed E-state index contributed by atoms with van der Waals surface area (Å²) in [6.07, 6.45) is -5.49. The first-order chi connectivity index (χ1) is 7.30. The van der Waals surface area contributed by atoms with Gasteiger partial charge in [-0.05, 0) is 6.42 Å². The normalized spacial score (nSPS) is 25.4. The molecule has 16 heavy (non-hydrogen) atoms. The minimum Gasteiger partial charge on any atom is -0.481 e. The summed E-state index contributed by atoms with van der Waals surface area (Å²) < 4.78 is 40.3. The second-order valence-corrected chi connectivity index (χ2v) is 3.43. The molecular weight excluding hydrogens is 231 g/mol. The number of ether oxygens (including phenoxy) is 1. The number of carboxylic acid groups (broad SMARTS) is 1. The van der Waals surface area contributed by atoms with E-state index in [0.29, 0.717) is 0 Å². The van der Waals surface area contributed by atoms with E-state index in [0.717, 1.165) is 0 Å². The maximum atomic E-state index is 11.8. The molecule has 1 fully saturated rings. The highest BCUT2D eigenvalue weighted by Gasteiger charge is 2.39. The topological polar surface area (TPSA) is 75.6 Å². The third-order valence-electron chi connectivity index (χ3n) is 2.18. The van der Waals surface area contributed by atoms with Crippen LogP contribution in [0.2, 0.25) is 0 Å². The lowest BCUT2D eigenvalue weighted by molar-refractivity contribution is -0.174. The van der Waals surface area contributed by atoms with Crippen molar-refractivity contribution < 1.29 is 32.6 Å². The van der Waals surface area contributed by atoms with Crippen LogP contribution in [0.5, 0.6) is 0 Å². The molecule has 1 aliphatic heterocycles. The predicted octanol–water partition coefficient (Wildman–Crippen LogP) is 0.155. The summed E-state index contributed by atoms with van der Waals surface area (Å²) in [4.78, 5) is 20.9. The molecule has 1 rings (SSSR count). The number of rotatable bonds is 3. The van der Waals surface area contributed by atoms with Gasteiger partial charge in [0, 0.05) is 6.54 Å². The van der Waals surface area contributed by atoms with Gasteiger partial charge in [-0.1, -0.05) is 0 Å². The van der Waals surface area contributed by atoms with Gasteiger partial charge in [-0.2, -0.15) is 13.2 Å². The summed E-state index contributed by atoms with van der Waals surface area (Å²) in [6.45, 7) is -0.371. The second kappa shape index (κ2) is 4.69. The van der Waals surface area contributed by atoms with E-state index >= 15 is 0 Å².